The Labute approximate surface area is 195 Å². The van der Waals surface area contributed by atoms with Crippen LogP contribution in [0.5, 0.6) is 0 Å². The molecule has 0 bridgehead atoms. The summed E-state index contributed by atoms with van der Waals surface area (Å²) in [4.78, 5) is 0. The highest BCUT2D eigenvalue weighted by Gasteiger charge is 2.36. The highest BCUT2D eigenvalue weighted by atomic mass is 16.3. The van der Waals surface area contributed by atoms with E-state index in [0.717, 1.165) is 12.0 Å². The molecular weight excluding hydrogens is 400 g/mol. The molecule has 0 fully saturated rings. The lowest BCUT2D eigenvalue weighted by atomic mass is 9.77. The Morgan fingerprint density at radius 1 is 0.636 bits per heavy atom. The second-order valence-corrected chi connectivity index (χ2v) is 8.99. The van der Waals surface area contributed by atoms with Gasteiger partial charge in [0, 0.05) is 5.92 Å². The van der Waals surface area contributed by atoms with Crippen LogP contribution in [-0.2, 0) is 18.1 Å². The van der Waals surface area contributed by atoms with Crippen LogP contribution in [0.4, 0.5) is 0 Å². The largest absolute Gasteiger partial charge is 0.232 e. The molecule has 0 amide bonds. The lowest BCUT2D eigenvalue weighted by molar-refractivity contribution is 0.177. The van der Waals surface area contributed by atoms with Crippen LogP contribution in [0.15, 0.2) is 115 Å². The molecule has 2 unspecified atom stereocenters. The van der Waals surface area contributed by atoms with Crippen molar-refractivity contribution in [2.45, 2.75) is 24.9 Å². The third-order valence-corrected chi connectivity index (χ3v) is 7.17. The van der Waals surface area contributed by atoms with E-state index in [1.807, 2.05) is 12.1 Å². The van der Waals surface area contributed by atoms with Gasteiger partial charge >= 0.3 is 0 Å². The third kappa shape index (κ3) is 3.46. The zero-order valence-corrected chi connectivity index (χ0v) is 18.4. The Morgan fingerprint density at radius 3 is 2.18 bits per heavy atom. The summed E-state index contributed by atoms with van der Waals surface area (Å²) in [5.41, 5.74) is 8.91. The van der Waals surface area contributed by atoms with Crippen LogP contribution in [0.1, 0.15) is 39.7 Å². The molecule has 159 valence electrons. The predicted molar refractivity (Wildman–Crippen MR) is 135 cm³/mol. The summed E-state index contributed by atoms with van der Waals surface area (Å²) in [6.45, 7) is -0.186. The summed E-state index contributed by atoms with van der Waals surface area (Å²) in [6, 6.07) is 41.3. The van der Waals surface area contributed by atoms with Gasteiger partial charge in [0.1, 0.15) is 6.61 Å². The average Bonchev–Trinajstić information content (AvgIpc) is 3.28. The van der Waals surface area contributed by atoms with E-state index >= 15 is 0 Å². The predicted octanol–water partition coefficient (Wildman–Crippen LogP) is 7.91. The number of rotatable bonds is 4. The van der Waals surface area contributed by atoms with Crippen molar-refractivity contribution in [2.75, 3.05) is 0 Å². The molecule has 0 spiro atoms. The van der Waals surface area contributed by atoms with Crippen molar-refractivity contribution in [3.63, 3.8) is 0 Å². The van der Waals surface area contributed by atoms with Gasteiger partial charge in [-0.2, -0.15) is 0 Å². The summed E-state index contributed by atoms with van der Waals surface area (Å²) in [7, 11) is 0. The molecule has 2 atom stereocenters. The lowest BCUT2D eigenvalue weighted by Gasteiger charge is -2.25. The van der Waals surface area contributed by atoms with E-state index in [9.17, 15) is 5.11 Å². The van der Waals surface area contributed by atoms with Crippen molar-refractivity contribution >= 4 is 10.8 Å². The van der Waals surface area contributed by atoms with Crippen molar-refractivity contribution in [3.05, 3.63) is 143 Å². The highest BCUT2D eigenvalue weighted by Crippen LogP contribution is 2.51. The fraction of sp³-hybridized carbons (Fsp3) is 0.125. The van der Waals surface area contributed by atoms with Gasteiger partial charge in [-0.1, -0.05) is 115 Å². The minimum atomic E-state index is -0.186. The fourth-order valence-corrected chi connectivity index (χ4v) is 5.63. The van der Waals surface area contributed by atoms with Crippen molar-refractivity contribution in [1.29, 1.82) is 0 Å². The first-order valence-electron chi connectivity index (χ1n) is 11.7. The first-order valence-corrected chi connectivity index (χ1v) is 11.7. The maximum atomic E-state index is 11.4. The lowest BCUT2D eigenvalue weighted by Crippen LogP contribution is -2.09. The Hall–Kier alpha value is -3.68. The van der Waals surface area contributed by atoms with E-state index in [1.165, 1.54) is 44.2 Å². The van der Waals surface area contributed by atoms with Gasteiger partial charge in [0.25, 0.3) is 0 Å². The molecule has 0 aromatic heterocycles. The minimum absolute atomic E-state index is 0.186. The van der Waals surface area contributed by atoms with Gasteiger partial charge < -0.3 is 0 Å². The molecule has 1 radical (unpaired) electrons. The molecule has 1 heteroatoms. The minimum Gasteiger partial charge on any atom is -0.232 e. The monoisotopic (exact) mass is 425 g/mol. The molecule has 1 aliphatic rings. The van der Waals surface area contributed by atoms with Gasteiger partial charge in [0.2, 0.25) is 0 Å². The van der Waals surface area contributed by atoms with Crippen LogP contribution in [-0.4, -0.2) is 0 Å². The van der Waals surface area contributed by atoms with Crippen LogP contribution in [0.3, 0.4) is 0 Å². The van der Waals surface area contributed by atoms with Crippen LogP contribution < -0.4 is 0 Å². The maximum absolute atomic E-state index is 11.4. The summed E-state index contributed by atoms with van der Waals surface area (Å²) in [6.07, 6.45) is 1.05. The molecule has 0 aliphatic heterocycles. The Morgan fingerprint density at radius 2 is 1.36 bits per heavy atom. The summed E-state index contributed by atoms with van der Waals surface area (Å²) < 4.78 is 0. The van der Waals surface area contributed by atoms with Gasteiger partial charge in [-0.15, -0.1) is 0 Å². The topological polar surface area (TPSA) is 19.9 Å². The molecule has 5 aromatic rings. The van der Waals surface area contributed by atoms with E-state index in [0.29, 0.717) is 5.92 Å². The Balaban J connectivity index is 1.62. The van der Waals surface area contributed by atoms with Gasteiger partial charge in [0.15, 0.2) is 0 Å². The quantitative estimate of drug-likeness (QED) is 0.279. The zero-order chi connectivity index (χ0) is 22.2. The van der Waals surface area contributed by atoms with Gasteiger partial charge in [-0.05, 0) is 62.1 Å². The van der Waals surface area contributed by atoms with Crippen LogP contribution in [0, 0.1) is 0 Å². The van der Waals surface area contributed by atoms with E-state index < -0.39 is 0 Å². The van der Waals surface area contributed by atoms with Gasteiger partial charge in [0.05, 0.1) is 0 Å². The Kier molecular flexibility index (Phi) is 5.05. The van der Waals surface area contributed by atoms with Crippen LogP contribution >= 0.6 is 0 Å². The number of benzene rings is 5. The van der Waals surface area contributed by atoms with E-state index in [2.05, 4.69) is 103 Å². The second-order valence-electron chi connectivity index (χ2n) is 8.99. The maximum Gasteiger partial charge on any atom is 0.107 e. The normalized spacial score (nSPS) is 17.2. The first-order chi connectivity index (χ1) is 16.3. The molecule has 0 N–H and O–H groups in total. The fourth-order valence-electron chi connectivity index (χ4n) is 5.63. The van der Waals surface area contributed by atoms with E-state index in [4.69, 9.17) is 0 Å². The van der Waals surface area contributed by atoms with E-state index in [-0.39, 0.29) is 12.5 Å². The standard InChI is InChI=1S/C32H25O/c33-21-22-14-16-25(17-15-22)31-27-12-6-4-10-24(27)18-19-29(31)32-28-13-7-5-11-26(28)20-30(32)23-8-2-1-3-9-23/h1-19,30,32H,20-21H2. The molecule has 1 nitrogen and oxygen atoms in total. The summed E-state index contributed by atoms with van der Waals surface area (Å²) in [5.74, 6) is 0.673. The third-order valence-electron chi connectivity index (χ3n) is 7.17. The number of fused-ring (bicyclic) bond motifs is 2. The first kappa shape index (κ1) is 20.0. The number of hydrogen-bond acceptors (Lipinski definition) is 0. The van der Waals surface area contributed by atoms with E-state index in [1.54, 1.807) is 0 Å². The Bertz CT molecular complexity index is 1420. The summed E-state index contributed by atoms with van der Waals surface area (Å²) >= 11 is 0. The molecule has 33 heavy (non-hydrogen) atoms. The molecular formula is C32H25O. The van der Waals surface area contributed by atoms with Crippen molar-refractivity contribution in [2.24, 2.45) is 0 Å². The average molecular weight is 426 g/mol. The van der Waals surface area contributed by atoms with Crippen molar-refractivity contribution in [3.8, 4) is 11.1 Å². The van der Waals surface area contributed by atoms with Gasteiger partial charge in [-0.25, -0.2) is 5.11 Å². The molecule has 6 rings (SSSR count). The van der Waals surface area contributed by atoms with Crippen LogP contribution in [0.2, 0.25) is 0 Å². The molecule has 0 heterocycles. The second kappa shape index (κ2) is 8.35. The molecule has 0 saturated heterocycles. The zero-order valence-electron chi connectivity index (χ0n) is 18.4. The highest BCUT2D eigenvalue weighted by molar-refractivity contribution is 5.99. The SMILES string of the molecule is [O]Cc1ccc(-c2c(C3c4ccccc4CC3c3ccccc3)ccc3ccccc23)cc1. The molecule has 1 aliphatic carbocycles. The molecule has 5 aromatic carbocycles. The number of hydrogen-bond donors (Lipinski definition) is 0. The van der Waals surface area contributed by atoms with Crippen LogP contribution in [0.25, 0.3) is 21.9 Å². The van der Waals surface area contributed by atoms with Gasteiger partial charge in [-0.3, -0.25) is 0 Å². The summed E-state index contributed by atoms with van der Waals surface area (Å²) in [5, 5.41) is 13.9. The smallest absolute Gasteiger partial charge is 0.107 e. The molecule has 0 saturated carbocycles. The van der Waals surface area contributed by atoms with Crippen molar-refractivity contribution in [1.82, 2.24) is 0 Å². The van der Waals surface area contributed by atoms with Crippen molar-refractivity contribution < 1.29 is 5.11 Å².